The molecule has 0 aliphatic heterocycles. The van der Waals surface area contributed by atoms with Gasteiger partial charge in [0.2, 0.25) is 0 Å². The Morgan fingerprint density at radius 1 is 1.38 bits per heavy atom. The molecule has 0 unspecified atom stereocenters. The first-order valence-electron chi connectivity index (χ1n) is 4.34. The Kier molecular flexibility index (Phi) is 3.32. The smallest absolute Gasteiger partial charge is 0.0343 e. The molecule has 0 radical (unpaired) electrons. The lowest BCUT2D eigenvalue weighted by Crippen LogP contribution is -2.10. The van der Waals surface area contributed by atoms with E-state index in [2.05, 4.69) is 49.7 Å². The molecule has 0 aliphatic rings. The molecule has 1 heteroatoms. The monoisotopic (exact) mass is 173 g/mol. The molecule has 0 bridgehead atoms. The lowest BCUT2D eigenvalue weighted by Gasteiger charge is -2.07. The molecule has 0 atom stereocenters. The Morgan fingerprint density at radius 3 is 2.54 bits per heavy atom. The van der Waals surface area contributed by atoms with Crippen LogP contribution in [0.3, 0.4) is 0 Å². The van der Waals surface area contributed by atoms with Gasteiger partial charge in [0.15, 0.2) is 0 Å². The van der Waals surface area contributed by atoms with Crippen LogP contribution in [0.25, 0.3) is 5.70 Å². The van der Waals surface area contributed by atoms with E-state index in [4.69, 9.17) is 0 Å². The molecule has 0 amide bonds. The van der Waals surface area contributed by atoms with Crippen molar-refractivity contribution in [1.82, 2.24) is 5.32 Å². The first kappa shape index (κ1) is 9.59. The van der Waals surface area contributed by atoms with E-state index in [1.165, 1.54) is 5.56 Å². The van der Waals surface area contributed by atoms with Gasteiger partial charge in [-0.2, -0.15) is 0 Å². The summed E-state index contributed by atoms with van der Waals surface area (Å²) in [6, 6.07) is 8.29. The molecule has 0 aliphatic carbocycles. The third kappa shape index (κ3) is 2.79. The topological polar surface area (TPSA) is 12.0 Å². The van der Waals surface area contributed by atoms with Gasteiger partial charge in [-0.3, -0.25) is 0 Å². The number of hydrogen-bond donors (Lipinski definition) is 1. The van der Waals surface area contributed by atoms with Gasteiger partial charge in [0.05, 0.1) is 0 Å². The normalized spacial score (nSPS) is 9.31. The van der Waals surface area contributed by atoms with E-state index in [1.807, 2.05) is 6.08 Å². The summed E-state index contributed by atoms with van der Waals surface area (Å²) in [6.45, 7) is 10.4. The van der Waals surface area contributed by atoms with Gasteiger partial charge in [0.25, 0.3) is 0 Å². The number of hydrogen-bond acceptors (Lipinski definition) is 1. The predicted octanol–water partition coefficient (Wildman–Crippen LogP) is 2.74. The van der Waals surface area contributed by atoms with E-state index >= 15 is 0 Å². The largest absolute Gasteiger partial charge is 0.382 e. The molecule has 0 fully saturated rings. The standard InChI is InChI=1S/C12H15N/c1-4-9-13-11(3)12-7-5-10(2)6-8-12/h4-8,13H,1,3,9H2,2H3. The van der Waals surface area contributed by atoms with E-state index in [1.54, 1.807) is 0 Å². The zero-order chi connectivity index (χ0) is 9.68. The molecule has 1 rings (SSSR count). The summed E-state index contributed by atoms with van der Waals surface area (Å²) in [5.74, 6) is 0. The molecule has 0 saturated carbocycles. The lowest BCUT2D eigenvalue weighted by molar-refractivity contribution is 1.01. The van der Waals surface area contributed by atoms with Gasteiger partial charge in [-0.1, -0.05) is 42.5 Å². The van der Waals surface area contributed by atoms with Crippen LogP contribution in [0, 0.1) is 6.92 Å². The van der Waals surface area contributed by atoms with E-state index < -0.39 is 0 Å². The third-order valence-electron chi connectivity index (χ3n) is 1.86. The molecule has 1 aromatic carbocycles. The minimum Gasteiger partial charge on any atom is -0.382 e. The van der Waals surface area contributed by atoms with Crippen molar-refractivity contribution in [3.05, 3.63) is 54.6 Å². The van der Waals surface area contributed by atoms with Crippen molar-refractivity contribution < 1.29 is 0 Å². The highest BCUT2D eigenvalue weighted by molar-refractivity contribution is 5.61. The summed E-state index contributed by atoms with van der Waals surface area (Å²) in [4.78, 5) is 0. The SMILES string of the molecule is C=CCNC(=C)c1ccc(C)cc1. The maximum Gasteiger partial charge on any atom is 0.0343 e. The van der Waals surface area contributed by atoms with Crippen molar-refractivity contribution in [2.24, 2.45) is 0 Å². The fourth-order valence-electron chi connectivity index (χ4n) is 1.05. The summed E-state index contributed by atoms with van der Waals surface area (Å²) in [7, 11) is 0. The molecule has 1 aromatic rings. The second kappa shape index (κ2) is 4.51. The molecule has 1 nitrogen and oxygen atoms in total. The summed E-state index contributed by atoms with van der Waals surface area (Å²) >= 11 is 0. The van der Waals surface area contributed by atoms with Crippen LogP contribution >= 0.6 is 0 Å². The van der Waals surface area contributed by atoms with E-state index in [9.17, 15) is 0 Å². The molecular weight excluding hydrogens is 158 g/mol. The fraction of sp³-hybridized carbons (Fsp3) is 0.167. The summed E-state index contributed by atoms with van der Waals surface area (Å²) in [6.07, 6.45) is 1.82. The highest BCUT2D eigenvalue weighted by atomic mass is 14.9. The van der Waals surface area contributed by atoms with Crippen LogP contribution in [-0.4, -0.2) is 6.54 Å². The number of rotatable bonds is 4. The number of aryl methyl sites for hydroxylation is 1. The van der Waals surface area contributed by atoms with Gasteiger partial charge in [-0.25, -0.2) is 0 Å². The highest BCUT2D eigenvalue weighted by Gasteiger charge is 1.95. The molecule has 68 valence electrons. The lowest BCUT2D eigenvalue weighted by atomic mass is 10.1. The molecule has 0 heterocycles. The Morgan fingerprint density at radius 2 is 2.00 bits per heavy atom. The van der Waals surface area contributed by atoms with Crippen molar-refractivity contribution in [2.45, 2.75) is 6.92 Å². The molecule has 0 aromatic heterocycles. The Hall–Kier alpha value is -1.50. The molecule has 1 N–H and O–H groups in total. The van der Waals surface area contributed by atoms with Gasteiger partial charge >= 0.3 is 0 Å². The van der Waals surface area contributed by atoms with Gasteiger partial charge in [-0.05, 0) is 12.5 Å². The van der Waals surface area contributed by atoms with Crippen molar-refractivity contribution in [2.75, 3.05) is 6.54 Å². The quantitative estimate of drug-likeness (QED) is 0.690. The average molecular weight is 173 g/mol. The van der Waals surface area contributed by atoms with Gasteiger partial charge in [-0.15, -0.1) is 6.58 Å². The number of nitrogens with one attached hydrogen (secondary N) is 1. The maximum atomic E-state index is 3.93. The van der Waals surface area contributed by atoms with Crippen LogP contribution < -0.4 is 5.32 Å². The summed E-state index contributed by atoms with van der Waals surface area (Å²) < 4.78 is 0. The molecule has 0 saturated heterocycles. The molecule has 13 heavy (non-hydrogen) atoms. The minimum atomic E-state index is 0.757. The Bertz CT molecular complexity index is 295. The zero-order valence-corrected chi connectivity index (χ0v) is 8.01. The van der Waals surface area contributed by atoms with Crippen LogP contribution in [0.5, 0.6) is 0 Å². The fourth-order valence-corrected chi connectivity index (χ4v) is 1.05. The molecular formula is C12H15N. The van der Waals surface area contributed by atoms with Crippen LogP contribution in [0.2, 0.25) is 0 Å². The van der Waals surface area contributed by atoms with Crippen molar-refractivity contribution >= 4 is 5.70 Å². The van der Waals surface area contributed by atoms with E-state index in [0.717, 1.165) is 17.8 Å². The summed E-state index contributed by atoms with van der Waals surface area (Å²) in [5, 5.41) is 3.16. The van der Waals surface area contributed by atoms with Crippen LogP contribution in [-0.2, 0) is 0 Å². The second-order valence-corrected chi connectivity index (χ2v) is 3.01. The Balaban J connectivity index is 2.66. The third-order valence-corrected chi connectivity index (χ3v) is 1.86. The highest BCUT2D eigenvalue weighted by Crippen LogP contribution is 2.09. The summed E-state index contributed by atoms with van der Waals surface area (Å²) in [5.41, 5.74) is 3.34. The van der Waals surface area contributed by atoms with Crippen LogP contribution in [0.4, 0.5) is 0 Å². The van der Waals surface area contributed by atoms with Crippen molar-refractivity contribution in [3.63, 3.8) is 0 Å². The van der Waals surface area contributed by atoms with Crippen LogP contribution in [0.15, 0.2) is 43.5 Å². The second-order valence-electron chi connectivity index (χ2n) is 3.01. The van der Waals surface area contributed by atoms with E-state index in [0.29, 0.717) is 0 Å². The van der Waals surface area contributed by atoms with Gasteiger partial charge < -0.3 is 5.32 Å². The van der Waals surface area contributed by atoms with Gasteiger partial charge in [0.1, 0.15) is 0 Å². The maximum absolute atomic E-state index is 3.93. The minimum absolute atomic E-state index is 0.757. The van der Waals surface area contributed by atoms with E-state index in [-0.39, 0.29) is 0 Å². The average Bonchev–Trinajstić information content (AvgIpc) is 2.15. The molecule has 0 spiro atoms. The Labute approximate surface area is 79.8 Å². The van der Waals surface area contributed by atoms with Gasteiger partial charge in [0, 0.05) is 12.2 Å². The zero-order valence-electron chi connectivity index (χ0n) is 8.01. The first-order valence-corrected chi connectivity index (χ1v) is 4.34. The van der Waals surface area contributed by atoms with Crippen molar-refractivity contribution in [1.29, 1.82) is 0 Å². The number of benzene rings is 1. The van der Waals surface area contributed by atoms with Crippen LogP contribution in [0.1, 0.15) is 11.1 Å². The predicted molar refractivity (Wildman–Crippen MR) is 58.4 cm³/mol. The first-order chi connectivity index (χ1) is 6.24. The van der Waals surface area contributed by atoms with Crippen molar-refractivity contribution in [3.8, 4) is 0 Å².